The van der Waals surface area contributed by atoms with Crippen LogP contribution in [0.25, 0.3) is 0 Å². The molecule has 5 nitrogen and oxygen atoms in total. The van der Waals surface area contributed by atoms with Crippen LogP contribution in [0.2, 0.25) is 0 Å². The Labute approximate surface area is 127 Å². The molecule has 0 fully saturated rings. The standard InChI is InChI=1S/C15H19F2N3O2/c1-14(2,17)13(21)19-9-4-5-11(16)10(6-9)15(3)8-22-7-12(18)20-15/h4-6H,7-8H2,1-3H3,(H2,18,20)(H,19,21)/t15-/m0/s1. The van der Waals surface area contributed by atoms with Crippen molar-refractivity contribution < 1.29 is 18.3 Å². The highest BCUT2D eigenvalue weighted by Gasteiger charge is 2.33. The molecule has 1 aliphatic rings. The minimum Gasteiger partial charge on any atom is -0.386 e. The number of carbonyl (C=O) groups is 1. The van der Waals surface area contributed by atoms with E-state index in [4.69, 9.17) is 10.5 Å². The van der Waals surface area contributed by atoms with Crippen LogP contribution in [0.3, 0.4) is 0 Å². The summed E-state index contributed by atoms with van der Waals surface area (Å²) in [6.45, 7) is 4.34. The summed E-state index contributed by atoms with van der Waals surface area (Å²) in [6, 6.07) is 3.98. The Morgan fingerprint density at radius 2 is 2.18 bits per heavy atom. The first kappa shape index (κ1) is 16.4. The minimum absolute atomic E-state index is 0.163. The molecule has 2 rings (SSSR count). The lowest BCUT2D eigenvalue weighted by Gasteiger charge is -2.30. The molecule has 1 amide bonds. The molecule has 120 valence electrons. The third-order valence-electron chi connectivity index (χ3n) is 3.37. The van der Waals surface area contributed by atoms with Crippen LogP contribution in [-0.4, -0.2) is 30.6 Å². The van der Waals surface area contributed by atoms with E-state index in [9.17, 15) is 13.6 Å². The predicted molar refractivity (Wildman–Crippen MR) is 80.0 cm³/mol. The lowest BCUT2D eigenvalue weighted by Crippen LogP contribution is -2.38. The van der Waals surface area contributed by atoms with Crippen molar-refractivity contribution in [2.45, 2.75) is 32.0 Å². The molecule has 0 aliphatic carbocycles. The molecule has 3 N–H and O–H groups in total. The number of ether oxygens (including phenoxy) is 1. The number of amides is 1. The van der Waals surface area contributed by atoms with E-state index in [1.807, 2.05) is 0 Å². The highest BCUT2D eigenvalue weighted by Crippen LogP contribution is 2.32. The molecular weight excluding hydrogens is 292 g/mol. The smallest absolute Gasteiger partial charge is 0.261 e. The minimum atomic E-state index is -2.03. The van der Waals surface area contributed by atoms with Crippen LogP contribution in [-0.2, 0) is 15.1 Å². The molecule has 0 saturated heterocycles. The van der Waals surface area contributed by atoms with E-state index in [-0.39, 0.29) is 30.3 Å². The molecule has 1 atom stereocenters. The quantitative estimate of drug-likeness (QED) is 0.897. The highest BCUT2D eigenvalue weighted by molar-refractivity contribution is 5.96. The molecule has 7 heteroatoms. The van der Waals surface area contributed by atoms with Gasteiger partial charge in [0, 0.05) is 11.3 Å². The van der Waals surface area contributed by atoms with Crippen LogP contribution >= 0.6 is 0 Å². The first-order chi connectivity index (χ1) is 10.1. The normalized spacial score (nSPS) is 22.1. The Balaban J connectivity index is 2.36. The van der Waals surface area contributed by atoms with Gasteiger partial charge in [0.15, 0.2) is 5.67 Å². The zero-order valence-corrected chi connectivity index (χ0v) is 12.7. The number of hydrogen-bond acceptors (Lipinski definition) is 4. The fourth-order valence-corrected chi connectivity index (χ4v) is 2.17. The summed E-state index contributed by atoms with van der Waals surface area (Å²) in [7, 11) is 0. The number of hydrogen-bond donors (Lipinski definition) is 2. The maximum absolute atomic E-state index is 14.1. The second kappa shape index (κ2) is 5.64. The second-order valence-electron chi connectivity index (χ2n) is 5.99. The maximum atomic E-state index is 14.1. The van der Waals surface area contributed by atoms with E-state index in [0.29, 0.717) is 0 Å². The van der Waals surface area contributed by atoms with Crippen molar-refractivity contribution in [3.63, 3.8) is 0 Å². The second-order valence-corrected chi connectivity index (χ2v) is 5.99. The summed E-state index contributed by atoms with van der Waals surface area (Å²) in [5.41, 5.74) is 3.15. The molecule has 0 spiro atoms. The summed E-state index contributed by atoms with van der Waals surface area (Å²) >= 11 is 0. The Bertz CT molecular complexity index is 626. The number of halogens is 2. The molecule has 0 bridgehead atoms. The lowest BCUT2D eigenvalue weighted by atomic mass is 9.91. The van der Waals surface area contributed by atoms with Crippen molar-refractivity contribution in [1.29, 1.82) is 0 Å². The van der Waals surface area contributed by atoms with Crippen molar-refractivity contribution in [1.82, 2.24) is 0 Å². The largest absolute Gasteiger partial charge is 0.386 e. The lowest BCUT2D eigenvalue weighted by molar-refractivity contribution is -0.125. The van der Waals surface area contributed by atoms with E-state index < -0.39 is 22.9 Å². The van der Waals surface area contributed by atoms with E-state index in [0.717, 1.165) is 13.8 Å². The van der Waals surface area contributed by atoms with Crippen molar-refractivity contribution in [2.24, 2.45) is 10.7 Å². The number of anilines is 1. The van der Waals surface area contributed by atoms with E-state index in [2.05, 4.69) is 10.3 Å². The Morgan fingerprint density at radius 3 is 2.77 bits per heavy atom. The number of nitrogens with zero attached hydrogens (tertiary/aromatic N) is 1. The van der Waals surface area contributed by atoms with E-state index in [1.165, 1.54) is 18.2 Å². The average Bonchev–Trinajstić information content (AvgIpc) is 2.39. The zero-order chi connectivity index (χ0) is 16.5. The number of alkyl halides is 1. The molecule has 0 saturated carbocycles. The fraction of sp³-hybridized carbons (Fsp3) is 0.467. The summed E-state index contributed by atoms with van der Waals surface area (Å²) in [5, 5.41) is 2.42. The van der Waals surface area contributed by atoms with Crippen molar-refractivity contribution in [2.75, 3.05) is 18.5 Å². The van der Waals surface area contributed by atoms with Crippen molar-refractivity contribution >= 4 is 17.4 Å². The van der Waals surface area contributed by atoms with Crippen LogP contribution in [0.1, 0.15) is 26.3 Å². The van der Waals surface area contributed by atoms with Crippen LogP contribution in [0.4, 0.5) is 14.5 Å². The molecule has 1 aliphatic heterocycles. The van der Waals surface area contributed by atoms with Gasteiger partial charge in [-0.25, -0.2) is 8.78 Å². The van der Waals surface area contributed by atoms with Gasteiger partial charge in [-0.05, 0) is 39.0 Å². The predicted octanol–water partition coefficient (Wildman–Crippen LogP) is 2.11. The number of nitrogens with one attached hydrogen (secondary N) is 1. The number of nitrogens with two attached hydrogens (primary N) is 1. The van der Waals surface area contributed by atoms with Crippen LogP contribution in [0.5, 0.6) is 0 Å². The first-order valence-corrected chi connectivity index (χ1v) is 6.84. The molecular formula is C15H19F2N3O2. The van der Waals surface area contributed by atoms with Gasteiger partial charge in [-0.3, -0.25) is 9.79 Å². The van der Waals surface area contributed by atoms with Gasteiger partial charge in [-0.2, -0.15) is 0 Å². The van der Waals surface area contributed by atoms with E-state index in [1.54, 1.807) is 6.92 Å². The van der Waals surface area contributed by atoms with Gasteiger partial charge in [0.25, 0.3) is 5.91 Å². The SMILES string of the molecule is CC(C)(F)C(=O)Nc1ccc(F)c([C@]2(C)COCC(N)=N2)c1. The monoisotopic (exact) mass is 311 g/mol. The maximum Gasteiger partial charge on any atom is 0.261 e. The van der Waals surface area contributed by atoms with Crippen LogP contribution in [0, 0.1) is 5.82 Å². The van der Waals surface area contributed by atoms with Crippen molar-refractivity contribution in [3.8, 4) is 0 Å². The van der Waals surface area contributed by atoms with Gasteiger partial charge in [0.05, 0.1) is 6.61 Å². The van der Waals surface area contributed by atoms with Crippen molar-refractivity contribution in [3.05, 3.63) is 29.6 Å². The Morgan fingerprint density at radius 1 is 1.50 bits per heavy atom. The molecule has 1 aromatic carbocycles. The molecule has 1 heterocycles. The van der Waals surface area contributed by atoms with E-state index >= 15 is 0 Å². The summed E-state index contributed by atoms with van der Waals surface area (Å²) in [6.07, 6.45) is 0. The number of aliphatic imine (C=N–C) groups is 1. The summed E-state index contributed by atoms with van der Waals surface area (Å²) < 4.78 is 33.0. The molecule has 22 heavy (non-hydrogen) atoms. The topological polar surface area (TPSA) is 76.7 Å². The number of rotatable bonds is 3. The Kier molecular flexibility index (Phi) is 4.19. The summed E-state index contributed by atoms with van der Waals surface area (Å²) in [5.74, 6) is -1.03. The molecule has 0 unspecified atom stereocenters. The molecule has 0 radical (unpaired) electrons. The highest BCUT2D eigenvalue weighted by atomic mass is 19.1. The summed E-state index contributed by atoms with van der Waals surface area (Å²) in [4.78, 5) is 15.9. The molecule has 0 aromatic heterocycles. The number of benzene rings is 1. The number of carbonyl (C=O) groups excluding carboxylic acids is 1. The van der Waals surface area contributed by atoms with Gasteiger partial charge < -0.3 is 15.8 Å². The Hall–Kier alpha value is -2.02. The third-order valence-corrected chi connectivity index (χ3v) is 3.37. The van der Waals surface area contributed by atoms with Gasteiger partial charge >= 0.3 is 0 Å². The van der Waals surface area contributed by atoms with Gasteiger partial charge in [0.1, 0.15) is 23.8 Å². The average molecular weight is 311 g/mol. The number of amidine groups is 1. The zero-order valence-electron chi connectivity index (χ0n) is 12.7. The molecule has 1 aromatic rings. The third kappa shape index (κ3) is 3.41. The van der Waals surface area contributed by atoms with Crippen LogP contribution < -0.4 is 11.1 Å². The van der Waals surface area contributed by atoms with Gasteiger partial charge in [0.2, 0.25) is 0 Å². The van der Waals surface area contributed by atoms with Gasteiger partial charge in [-0.1, -0.05) is 0 Å². The fourth-order valence-electron chi connectivity index (χ4n) is 2.17. The van der Waals surface area contributed by atoms with Crippen LogP contribution in [0.15, 0.2) is 23.2 Å². The van der Waals surface area contributed by atoms with Gasteiger partial charge in [-0.15, -0.1) is 0 Å². The first-order valence-electron chi connectivity index (χ1n) is 6.84.